The average Bonchev–Trinajstić information content (AvgIpc) is 2.91. The van der Waals surface area contributed by atoms with Crippen molar-refractivity contribution in [3.8, 4) is 0 Å². The van der Waals surface area contributed by atoms with Gasteiger partial charge in [-0.3, -0.25) is 13.9 Å². The second kappa shape index (κ2) is 13.5. The maximum atomic E-state index is 13.9. The third kappa shape index (κ3) is 7.88. The molecule has 0 aliphatic heterocycles. The van der Waals surface area contributed by atoms with Crippen molar-refractivity contribution in [2.75, 3.05) is 10.8 Å². The number of hydrogen-bond donors (Lipinski definition) is 1. The molecule has 0 radical (unpaired) electrons. The van der Waals surface area contributed by atoms with Gasteiger partial charge >= 0.3 is 0 Å². The molecule has 11 heteroatoms. The highest BCUT2D eigenvalue weighted by molar-refractivity contribution is 7.92. The average molecular weight is 611 g/mol. The van der Waals surface area contributed by atoms with E-state index >= 15 is 0 Å². The highest BCUT2D eigenvalue weighted by Gasteiger charge is 2.33. The monoisotopic (exact) mass is 609 g/mol. The Bertz CT molecular complexity index is 1420. The van der Waals surface area contributed by atoms with Crippen LogP contribution in [0.1, 0.15) is 32.8 Å². The third-order valence-electron chi connectivity index (χ3n) is 6.23. The predicted molar refractivity (Wildman–Crippen MR) is 157 cm³/mol. The van der Waals surface area contributed by atoms with Crippen LogP contribution in [0.4, 0.5) is 5.69 Å². The van der Waals surface area contributed by atoms with Crippen molar-refractivity contribution in [2.45, 2.75) is 50.7 Å². The van der Waals surface area contributed by atoms with Crippen molar-refractivity contribution in [2.24, 2.45) is 0 Å². The van der Waals surface area contributed by atoms with Crippen LogP contribution in [0.2, 0.25) is 15.1 Å². The molecule has 0 fully saturated rings. The molecular formula is C28H30Cl3N3O4S. The van der Waals surface area contributed by atoms with Crippen LogP contribution in [0.5, 0.6) is 0 Å². The summed E-state index contributed by atoms with van der Waals surface area (Å²) in [5.74, 6) is -0.977. The number of benzene rings is 3. The Morgan fingerprint density at radius 1 is 0.897 bits per heavy atom. The first-order valence-electron chi connectivity index (χ1n) is 12.3. The zero-order valence-corrected chi connectivity index (χ0v) is 24.9. The number of amides is 2. The van der Waals surface area contributed by atoms with Gasteiger partial charge in [0.05, 0.1) is 10.6 Å². The first-order chi connectivity index (χ1) is 18.4. The van der Waals surface area contributed by atoms with Gasteiger partial charge in [-0.15, -0.1) is 0 Å². The number of nitrogens with one attached hydrogen (secondary N) is 1. The van der Waals surface area contributed by atoms with E-state index in [1.165, 1.54) is 23.1 Å². The van der Waals surface area contributed by atoms with E-state index in [1.54, 1.807) is 61.5 Å². The van der Waals surface area contributed by atoms with Crippen molar-refractivity contribution in [1.29, 1.82) is 0 Å². The van der Waals surface area contributed by atoms with Crippen molar-refractivity contribution < 1.29 is 18.0 Å². The molecule has 7 nitrogen and oxygen atoms in total. The molecule has 3 rings (SSSR count). The number of carbonyl (C=O) groups is 2. The molecule has 0 spiro atoms. The van der Waals surface area contributed by atoms with E-state index in [4.69, 9.17) is 34.8 Å². The molecule has 3 aromatic carbocycles. The maximum Gasteiger partial charge on any atom is 0.264 e. The first kappa shape index (κ1) is 30.8. The number of anilines is 1. The van der Waals surface area contributed by atoms with E-state index < -0.39 is 28.5 Å². The number of rotatable bonds is 11. The van der Waals surface area contributed by atoms with Crippen LogP contribution in [-0.4, -0.2) is 43.8 Å². The van der Waals surface area contributed by atoms with Crippen LogP contribution in [-0.2, 0) is 26.2 Å². The lowest BCUT2D eigenvalue weighted by Gasteiger charge is -2.32. The molecule has 3 aromatic rings. The van der Waals surface area contributed by atoms with Gasteiger partial charge in [0.25, 0.3) is 10.0 Å². The van der Waals surface area contributed by atoms with Gasteiger partial charge in [-0.25, -0.2) is 8.42 Å². The molecule has 1 N–H and O–H groups in total. The lowest BCUT2D eigenvalue weighted by atomic mass is 10.1. The Labute approximate surface area is 244 Å². The van der Waals surface area contributed by atoms with Crippen LogP contribution in [0, 0.1) is 0 Å². The summed E-state index contributed by atoms with van der Waals surface area (Å²) < 4.78 is 28.5. The molecule has 0 aliphatic rings. The zero-order chi connectivity index (χ0) is 28.7. The summed E-state index contributed by atoms with van der Waals surface area (Å²) in [6.45, 7) is 4.76. The van der Waals surface area contributed by atoms with Gasteiger partial charge in [0.15, 0.2) is 0 Å². The van der Waals surface area contributed by atoms with E-state index in [-0.39, 0.29) is 29.1 Å². The number of carbonyl (C=O) groups excluding carboxylic acids is 2. The minimum Gasteiger partial charge on any atom is -0.352 e. The zero-order valence-electron chi connectivity index (χ0n) is 21.8. The van der Waals surface area contributed by atoms with Crippen LogP contribution in [0.3, 0.4) is 0 Å². The predicted octanol–water partition coefficient (Wildman–Crippen LogP) is 6.17. The number of nitrogens with zero attached hydrogens (tertiary/aromatic N) is 2. The largest absolute Gasteiger partial charge is 0.352 e. The van der Waals surface area contributed by atoms with Crippen LogP contribution < -0.4 is 9.62 Å². The van der Waals surface area contributed by atoms with Crippen LogP contribution in [0.25, 0.3) is 0 Å². The van der Waals surface area contributed by atoms with Gasteiger partial charge in [-0.05, 0) is 68.3 Å². The Kier molecular flexibility index (Phi) is 10.7. The van der Waals surface area contributed by atoms with Gasteiger partial charge in [0, 0.05) is 27.7 Å². The standard InChI is InChI=1S/C28H30Cl3N3O4S/c1-4-19(2)32-28(36)20(3)33(17-21-13-14-23(30)16-26(21)31)27(35)18-34(24-10-8-9-22(29)15-24)39(37,38)25-11-6-5-7-12-25/h5-16,19-20H,4,17-18H2,1-3H3,(H,32,36)/t19-,20-/m1/s1. The molecule has 0 bridgehead atoms. The van der Waals surface area contributed by atoms with E-state index in [0.29, 0.717) is 27.1 Å². The molecule has 2 amide bonds. The lowest BCUT2D eigenvalue weighted by molar-refractivity contribution is -0.139. The lowest BCUT2D eigenvalue weighted by Crippen LogP contribution is -2.52. The molecule has 0 unspecified atom stereocenters. The Morgan fingerprint density at radius 3 is 2.18 bits per heavy atom. The van der Waals surface area contributed by atoms with Crippen molar-refractivity contribution in [1.82, 2.24) is 10.2 Å². The Balaban J connectivity index is 2.04. The van der Waals surface area contributed by atoms with Gasteiger partial charge in [-0.1, -0.05) is 72.1 Å². The summed E-state index contributed by atoms with van der Waals surface area (Å²) >= 11 is 18.6. The van der Waals surface area contributed by atoms with Gasteiger partial charge in [-0.2, -0.15) is 0 Å². The van der Waals surface area contributed by atoms with E-state index in [1.807, 2.05) is 13.8 Å². The minimum absolute atomic E-state index is 0.00707. The summed E-state index contributed by atoms with van der Waals surface area (Å²) in [6.07, 6.45) is 0.702. The maximum absolute atomic E-state index is 13.9. The first-order valence-corrected chi connectivity index (χ1v) is 14.9. The minimum atomic E-state index is -4.17. The van der Waals surface area contributed by atoms with Crippen LogP contribution >= 0.6 is 34.8 Å². The summed E-state index contributed by atoms with van der Waals surface area (Å²) in [5.41, 5.74) is 0.763. The second-order valence-corrected chi connectivity index (χ2v) is 12.2. The molecule has 2 atom stereocenters. The normalized spacial score (nSPS) is 12.9. The van der Waals surface area contributed by atoms with Crippen molar-refractivity contribution in [3.05, 3.63) is 93.4 Å². The molecule has 208 valence electrons. The summed E-state index contributed by atoms with van der Waals surface area (Å²) in [6, 6.07) is 17.8. The Morgan fingerprint density at radius 2 is 1.56 bits per heavy atom. The molecular weight excluding hydrogens is 581 g/mol. The quantitative estimate of drug-likeness (QED) is 0.281. The highest BCUT2D eigenvalue weighted by atomic mass is 35.5. The number of sulfonamides is 1. The number of hydrogen-bond acceptors (Lipinski definition) is 4. The van der Waals surface area contributed by atoms with Gasteiger partial charge < -0.3 is 10.2 Å². The second-order valence-electron chi connectivity index (χ2n) is 9.06. The van der Waals surface area contributed by atoms with Gasteiger partial charge in [0.2, 0.25) is 11.8 Å². The Hall–Kier alpha value is -2.78. The van der Waals surface area contributed by atoms with Crippen LogP contribution in [0.15, 0.2) is 77.7 Å². The van der Waals surface area contributed by atoms with Crippen molar-refractivity contribution in [3.63, 3.8) is 0 Å². The fourth-order valence-corrected chi connectivity index (χ4v) is 5.84. The smallest absolute Gasteiger partial charge is 0.264 e. The third-order valence-corrected chi connectivity index (χ3v) is 8.84. The molecule has 0 aromatic heterocycles. The highest BCUT2D eigenvalue weighted by Crippen LogP contribution is 2.28. The fraction of sp³-hybridized carbons (Fsp3) is 0.286. The van der Waals surface area contributed by atoms with E-state index in [9.17, 15) is 18.0 Å². The molecule has 0 saturated heterocycles. The van der Waals surface area contributed by atoms with Crippen molar-refractivity contribution >= 4 is 62.3 Å². The fourth-order valence-electron chi connectivity index (χ4n) is 3.76. The molecule has 0 saturated carbocycles. The molecule has 0 heterocycles. The molecule has 0 aliphatic carbocycles. The summed E-state index contributed by atoms with van der Waals surface area (Å²) in [4.78, 5) is 28.3. The SMILES string of the molecule is CC[C@@H](C)NC(=O)[C@@H](C)N(Cc1ccc(Cl)cc1Cl)C(=O)CN(c1cccc(Cl)c1)S(=O)(=O)c1ccccc1. The van der Waals surface area contributed by atoms with E-state index in [2.05, 4.69) is 5.32 Å². The topological polar surface area (TPSA) is 86.8 Å². The molecule has 39 heavy (non-hydrogen) atoms. The summed E-state index contributed by atoms with van der Waals surface area (Å²) in [5, 5.41) is 3.93. The number of halogens is 3. The summed E-state index contributed by atoms with van der Waals surface area (Å²) in [7, 11) is -4.17. The van der Waals surface area contributed by atoms with E-state index in [0.717, 1.165) is 4.31 Å². The van der Waals surface area contributed by atoms with Gasteiger partial charge in [0.1, 0.15) is 12.6 Å².